The molecule has 0 aliphatic carbocycles. The number of nitrogens with zero attached hydrogens (tertiary/aromatic N) is 2. The van der Waals surface area contributed by atoms with Crippen LogP contribution in [-0.2, 0) is 11.8 Å². The summed E-state index contributed by atoms with van der Waals surface area (Å²) in [5, 5.41) is 6.72. The summed E-state index contributed by atoms with van der Waals surface area (Å²) in [6.45, 7) is 5.78. The lowest BCUT2D eigenvalue weighted by Gasteiger charge is -2.25. The Morgan fingerprint density at radius 2 is 2.20 bits per heavy atom. The SMILES string of the molecule is Cn1ccc(NC(=O)C(N)C(C)(C)C)n1. The van der Waals surface area contributed by atoms with Gasteiger partial charge in [-0.05, 0) is 5.41 Å². The minimum atomic E-state index is -0.542. The summed E-state index contributed by atoms with van der Waals surface area (Å²) in [7, 11) is 1.79. The number of hydrogen-bond acceptors (Lipinski definition) is 3. The van der Waals surface area contributed by atoms with Crippen LogP contribution in [0.3, 0.4) is 0 Å². The maximum atomic E-state index is 11.7. The normalized spacial score (nSPS) is 13.7. The molecule has 0 saturated heterocycles. The number of aromatic nitrogens is 2. The number of anilines is 1. The maximum absolute atomic E-state index is 11.7. The lowest BCUT2D eigenvalue weighted by Crippen LogP contribution is -2.45. The van der Waals surface area contributed by atoms with Crippen molar-refractivity contribution >= 4 is 11.7 Å². The molecule has 0 saturated carbocycles. The van der Waals surface area contributed by atoms with Crippen molar-refractivity contribution in [2.75, 3.05) is 5.32 Å². The number of amides is 1. The summed E-state index contributed by atoms with van der Waals surface area (Å²) < 4.78 is 1.62. The van der Waals surface area contributed by atoms with Crippen LogP contribution >= 0.6 is 0 Å². The highest BCUT2D eigenvalue weighted by atomic mass is 16.2. The minimum Gasteiger partial charge on any atom is -0.319 e. The number of carbonyl (C=O) groups is 1. The van der Waals surface area contributed by atoms with Crippen molar-refractivity contribution in [3.63, 3.8) is 0 Å². The van der Waals surface area contributed by atoms with Gasteiger partial charge in [0.05, 0.1) is 6.04 Å². The van der Waals surface area contributed by atoms with Crippen molar-refractivity contribution in [2.45, 2.75) is 26.8 Å². The summed E-state index contributed by atoms with van der Waals surface area (Å²) in [6.07, 6.45) is 1.76. The lowest BCUT2D eigenvalue weighted by molar-refractivity contribution is -0.119. The van der Waals surface area contributed by atoms with E-state index in [1.54, 1.807) is 24.0 Å². The number of carbonyl (C=O) groups excluding carboxylic acids is 1. The third-order valence-corrected chi connectivity index (χ3v) is 2.18. The molecule has 0 aromatic carbocycles. The highest BCUT2D eigenvalue weighted by Crippen LogP contribution is 2.18. The molecule has 0 aliphatic rings. The minimum absolute atomic E-state index is 0.207. The average Bonchev–Trinajstić information content (AvgIpc) is 2.48. The first-order chi connectivity index (χ1) is 6.80. The van der Waals surface area contributed by atoms with Crippen molar-refractivity contribution in [2.24, 2.45) is 18.2 Å². The molecule has 1 unspecified atom stereocenters. The van der Waals surface area contributed by atoms with Crippen LogP contribution in [0.5, 0.6) is 0 Å². The van der Waals surface area contributed by atoms with Crippen LogP contribution in [0.15, 0.2) is 12.3 Å². The van der Waals surface area contributed by atoms with Gasteiger partial charge in [0, 0.05) is 19.3 Å². The van der Waals surface area contributed by atoms with Gasteiger partial charge >= 0.3 is 0 Å². The Morgan fingerprint density at radius 3 is 2.60 bits per heavy atom. The van der Waals surface area contributed by atoms with Crippen LogP contribution < -0.4 is 11.1 Å². The third-order valence-electron chi connectivity index (χ3n) is 2.18. The standard InChI is InChI=1S/C10H18N4O/c1-10(2,3)8(11)9(15)12-7-5-6-14(4)13-7/h5-6,8H,11H2,1-4H3,(H,12,13,15). The van der Waals surface area contributed by atoms with E-state index in [1.165, 1.54) is 0 Å². The molecule has 1 atom stereocenters. The van der Waals surface area contributed by atoms with Crippen LogP contribution in [0.2, 0.25) is 0 Å². The van der Waals surface area contributed by atoms with Gasteiger partial charge in [-0.3, -0.25) is 9.48 Å². The summed E-state index contributed by atoms with van der Waals surface area (Å²) in [5.74, 6) is 0.323. The zero-order valence-corrected chi connectivity index (χ0v) is 9.61. The smallest absolute Gasteiger partial charge is 0.243 e. The molecule has 0 bridgehead atoms. The molecule has 1 aromatic rings. The fraction of sp³-hybridized carbons (Fsp3) is 0.600. The quantitative estimate of drug-likeness (QED) is 0.756. The van der Waals surface area contributed by atoms with Crippen molar-refractivity contribution in [1.82, 2.24) is 9.78 Å². The zero-order chi connectivity index (χ0) is 11.6. The molecule has 1 rings (SSSR count). The van der Waals surface area contributed by atoms with E-state index in [4.69, 9.17) is 5.73 Å². The topological polar surface area (TPSA) is 72.9 Å². The Morgan fingerprint density at radius 1 is 1.60 bits per heavy atom. The van der Waals surface area contributed by atoms with Gasteiger partial charge in [0.15, 0.2) is 5.82 Å². The van der Waals surface area contributed by atoms with Crippen molar-refractivity contribution < 1.29 is 4.79 Å². The van der Waals surface area contributed by atoms with E-state index in [2.05, 4.69) is 10.4 Å². The van der Waals surface area contributed by atoms with Crippen LogP contribution in [0.25, 0.3) is 0 Å². The number of aryl methyl sites for hydroxylation is 1. The molecule has 0 spiro atoms. The van der Waals surface area contributed by atoms with E-state index in [0.717, 1.165) is 0 Å². The molecule has 0 aliphatic heterocycles. The second kappa shape index (κ2) is 4.02. The molecule has 5 heteroatoms. The molecule has 0 fully saturated rings. The molecule has 1 aromatic heterocycles. The van der Waals surface area contributed by atoms with Crippen molar-refractivity contribution in [3.05, 3.63) is 12.3 Å². The molecule has 15 heavy (non-hydrogen) atoms. The van der Waals surface area contributed by atoms with Gasteiger partial charge < -0.3 is 11.1 Å². The van der Waals surface area contributed by atoms with Crippen LogP contribution in [0, 0.1) is 5.41 Å². The highest BCUT2D eigenvalue weighted by Gasteiger charge is 2.27. The van der Waals surface area contributed by atoms with E-state index < -0.39 is 6.04 Å². The molecule has 5 nitrogen and oxygen atoms in total. The number of nitrogens with one attached hydrogen (secondary N) is 1. The summed E-state index contributed by atoms with van der Waals surface area (Å²) >= 11 is 0. The first-order valence-electron chi connectivity index (χ1n) is 4.87. The molecule has 1 amide bonds. The van der Waals surface area contributed by atoms with Crippen LogP contribution in [0.4, 0.5) is 5.82 Å². The molecular weight excluding hydrogens is 192 g/mol. The first-order valence-corrected chi connectivity index (χ1v) is 4.87. The maximum Gasteiger partial charge on any atom is 0.243 e. The van der Waals surface area contributed by atoms with Gasteiger partial charge in [0.25, 0.3) is 0 Å². The molecule has 0 radical (unpaired) electrons. The van der Waals surface area contributed by atoms with Crippen molar-refractivity contribution in [3.8, 4) is 0 Å². The van der Waals surface area contributed by atoms with E-state index in [0.29, 0.717) is 5.82 Å². The zero-order valence-electron chi connectivity index (χ0n) is 9.61. The van der Waals surface area contributed by atoms with E-state index in [-0.39, 0.29) is 11.3 Å². The van der Waals surface area contributed by atoms with Gasteiger partial charge in [-0.2, -0.15) is 5.10 Å². The highest BCUT2D eigenvalue weighted by molar-refractivity contribution is 5.94. The van der Waals surface area contributed by atoms with Gasteiger partial charge in [-0.15, -0.1) is 0 Å². The Bertz CT molecular complexity index is 351. The monoisotopic (exact) mass is 210 g/mol. The Kier molecular flexibility index (Phi) is 3.14. The van der Waals surface area contributed by atoms with E-state index in [1.807, 2.05) is 20.8 Å². The lowest BCUT2D eigenvalue weighted by atomic mass is 9.87. The molecular formula is C10H18N4O. The summed E-state index contributed by atoms with van der Waals surface area (Å²) in [4.78, 5) is 11.7. The average molecular weight is 210 g/mol. The second-order valence-corrected chi connectivity index (χ2v) is 4.71. The Labute approximate surface area is 89.6 Å². The number of rotatable bonds is 2. The Balaban J connectivity index is 2.64. The van der Waals surface area contributed by atoms with Gasteiger partial charge in [-0.1, -0.05) is 20.8 Å². The van der Waals surface area contributed by atoms with Gasteiger partial charge in [0.1, 0.15) is 0 Å². The van der Waals surface area contributed by atoms with Gasteiger partial charge in [-0.25, -0.2) is 0 Å². The first kappa shape index (κ1) is 11.7. The fourth-order valence-electron chi connectivity index (χ4n) is 1.08. The third kappa shape index (κ3) is 3.06. The molecule has 3 N–H and O–H groups in total. The van der Waals surface area contributed by atoms with Crippen LogP contribution in [0.1, 0.15) is 20.8 Å². The molecule has 1 heterocycles. The second-order valence-electron chi connectivity index (χ2n) is 4.71. The van der Waals surface area contributed by atoms with E-state index >= 15 is 0 Å². The van der Waals surface area contributed by atoms with Crippen molar-refractivity contribution in [1.29, 1.82) is 0 Å². The summed E-state index contributed by atoms with van der Waals surface area (Å²) in [5.41, 5.74) is 5.55. The largest absolute Gasteiger partial charge is 0.319 e. The van der Waals surface area contributed by atoms with E-state index in [9.17, 15) is 4.79 Å². The number of hydrogen-bond donors (Lipinski definition) is 2. The van der Waals surface area contributed by atoms with Crippen LogP contribution in [-0.4, -0.2) is 21.7 Å². The predicted molar refractivity (Wildman–Crippen MR) is 59.3 cm³/mol. The number of nitrogens with two attached hydrogens (primary N) is 1. The Hall–Kier alpha value is -1.36. The predicted octanol–water partition coefficient (Wildman–Crippen LogP) is 0.732. The van der Waals surface area contributed by atoms with Gasteiger partial charge in [0.2, 0.25) is 5.91 Å². The molecule has 84 valence electrons. The summed E-state index contributed by atoms with van der Waals surface area (Å²) in [6, 6.07) is 1.19. The fourth-order valence-corrected chi connectivity index (χ4v) is 1.08.